The van der Waals surface area contributed by atoms with Gasteiger partial charge in [-0.1, -0.05) is 53.0 Å². The molecule has 0 amide bonds. The van der Waals surface area contributed by atoms with E-state index >= 15 is 0 Å². The zero-order valence-corrected chi connectivity index (χ0v) is 14.9. The van der Waals surface area contributed by atoms with E-state index in [-0.39, 0.29) is 21.7 Å². The van der Waals surface area contributed by atoms with E-state index in [4.69, 9.17) is 39.9 Å². The fourth-order valence-electron chi connectivity index (χ4n) is 2.18. The molecule has 2 aromatic rings. The Morgan fingerprint density at radius 3 is 2.08 bits per heavy atom. The number of aromatic carboxylic acids is 1. The number of hydrogen-bond donors (Lipinski definition) is 1. The average Bonchev–Trinajstić information content (AvgIpc) is 2.51. The van der Waals surface area contributed by atoms with E-state index in [1.54, 1.807) is 0 Å². The zero-order valence-electron chi connectivity index (χ0n) is 12.6. The second kappa shape index (κ2) is 7.86. The molecule has 138 valence electrons. The smallest absolute Gasteiger partial charge is 0.399 e. The summed E-state index contributed by atoms with van der Waals surface area (Å²) in [5.41, 5.74) is -0.250. The Hall–Kier alpha value is -1.76. The molecule has 0 fully saturated rings. The molecule has 26 heavy (non-hydrogen) atoms. The van der Waals surface area contributed by atoms with E-state index in [0.717, 1.165) is 24.3 Å². The molecule has 1 atom stereocenters. The van der Waals surface area contributed by atoms with Crippen molar-refractivity contribution < 1.29 is 27.5 Å². The number of halogens is 7. The van der Waals surface area contributed by atoms with Gasteiger partial charge in [0.1, 0.15) is 0 Å². The molecule has 0 bridgehead atoms. The summed E-state index contributed by atoms with van der Waals surface area (Å²) < 4.78 is 53.6. The lowest BCUT2D eigenvalue weighted by Crippen LogP contribution is -2.19. The maximum atomic E-state index is 13.4. The lowest BCUT2D eigenvalue weighted by molar-refractivity contribution is -0.139. The Balaban J connectivity index is 2.42. The Morgan fingerprint density at radius 2 is 1.62 bits per heavy atom. The van der Waals surface area contributed by atoms with Crippen LogP contribution in [0.4, 0.5) is 17.6 Å². The van der Waals surface area contributed by atoms with Crippen molar-refractivity contribution in [3.63, 3.8) is 0 Å². The predicted octanol–water partition coefficient (Wildman–Crippen LogP) is 6.84. The van der Waals surface area contributed by atoms with Gasteiger partial charge in [0.05, 0.1) is 26.5 Å². The van der Waals surface area contributed by atoms with Crippen LogP contribution in [0.3, 0.4) is 0 Å². The summed E-state index contributed by atoms with van der Waals surface area (Å²) in [7, 11) is 0. The molecule has 0 aliphatic rings. The molecule has 9 heteroatoms. The van der Waals surface area contributed by atoms with Gasteiger partial charge >= 0.3 is 12.1 Å². The van der Waals surface area contributed by atoms with Gasteiger partial charge in [-0.3, -0.25) is 0 Å². The highest BCUT2D eigenvalue weighted by atomic mass is 35.5. The van der Waals surface area contributed by atoms with E-state index in [2.05, 4.69) is 0 Å². The van der Waals surface area contributed by atoms with E-state index in [0.29, 0.717) is 0 Å². The third-order valence-electron chi connectivity index (χ3n) is 3.42. The second-order valence-electron chi connectivity index (χ2n) is 5.22. The first-order chi connectivity index (χ1) is 12.0. The molecule has 2 rings (SSSR count). The molecule has 0 saturated carbocycles. The Morgan fingerprint density at radius 1 is 1.04 bits per heavy atom. The number of benzene rings is 2. The van der Waals surface area contributed by atoms with Gasteiger partial charge in [0.25, 0.3) is 0 Å². The summed E-state index contributed by atoms with van der Waals surface area (Å²) in [6.45, 7) is 0. The molecule has 2 aromatic carbocycles. The average molecular weight is 428 g/mol. The number of carboxylic acids is 1. The number of alkyl halides is 3. The van der Waals surface area contributed by atoms with Crippen LogP contribution in [-0.4, -0.2) is 17.3 Å². The summed E-state index contributed by atoms with van der Waals surface area (Å²) in [5.74, 6) is -4.36. The Labute approximate surface area is 160 Å². The fourth-order valence-corrected chi connectivity index (χ4v) is 2.95. The molecule has 1 unspecified atom stereocenters. The molecule has 0 saturated heterocycles. The van der Waals surface area contributed by atoms with Crippen molar-refractivity contribution in [1.29, 1.82) is 0 Å². The molecular formula is C17H9Cl3F4O2. The van der Waals surface area contributed by atoms with Gasteiger partial charge in [-0.05, 0) is 35.4 Å². The van der Waals surface area contributed by atoms with Gasteiger partial charge in [0.15, 0.2) is 5.82 Å². The van der Waals surface area contributed by atoms with Crippen LogP contribution in [0.5, 0.6) is 0 Å². The van der Waals surface area contributed by atoms with E-state index < -0.39 is 33.9 Å². The van der Waals surface area contributed by atoms with Crippen LogP contribution in [0.2, 0.25) is 15.1 Å². The number of hydrogen-bond acceptors (Lipinski definition) is 1. The first-order valence-corrected chi connectivity index (χ1v) is 8.06. The Bertz CT molecular complexity index is 856. The van der Waals surface area contributed by atoms with Gasteiger partial charge in [-0.25, -0.2) is 9.18 Å². The standard InChI is InChI=1S/C17H9Cl3F4O2/c18-12-5-8(1-3-10(12)16(25)26)2-4-11(17(22,23)24)9-6-13(19)15(21)14(20)7-9/h1-7,11H,(H,25,26)/b4-2+. The van der Waals surface area contributed by atoms with Crippen LogP contribution in [0, 0.1) is 5.82 Å². The maximum Gasteiger partial charge on any atom is 0.399 e. The molecule has 1 N–H and O–H groups in total. The number of allylic oxidation sites excluding steroid dienone is 1. The maximum absolute atomic E-state index is 13.4. The lowest BCUT2D eigenvalue weighted by Gasteiger charge is -2.18. The van der Waals surface area contributed by atoms with Crippen molar-refractivity contribution >= 4 is 46.8 Å². The highest BCUT2D eigenvalue weighted by molar-refractivity contribution is 6.35. The van der Waals surface area contributed by atoms with Gasteiger partial charge in [0, 0.05) is 0 Å². The fraction of sp³-hybridized carbons (Fsp3) is 0.118. The van der Waals surface area contributed by atoms with E-state index in [1.165, 1.54) is 18.2 Å². The van der Waals surface area contributed by atoms with Gasteiger partial charge in [-0.15, -0.1) is 0 Å². The summed E-state index contributed by atoms with van der Waals surface area (Å²) in [6, 6.07) is 5.42. The first-order valence-electron chi connectivity index (χ1n) is 6.93. The SMILES string of the molecule is O=C(O)c1ccc(/C=C/C(c2cc(Cl)c(F)c(Cl)c2)C(F)(F)F)cc1Cl. The van der Waals surface area contributed by atoms with Crippen LogP contribution in [0.15, 0.2) is 36.4 Å². The number of carboxylic acid groups (broad SMARTS) is 1. The number of rotatable bonds is 4. The van der Waals surface area contributed by atoms with E-state index in [1.807, 2.05) is 0 Å². The van der Waals surface area contributed by atoms with Crippen LogP contribution >= 0.6 is 34.8 Å². The molecule has 0 radical (unpaired) electrons. The topological polar surface area (TPSA) is 37.3 Å². The quantitative estimate of drug-likeness (QED) is 0.428. The summed E-state index contributed by atoms with van der Waals surface area (Å²) in [4.78, 5) is 10.9. The molecule has 2 nitrogen and oxygen atoms in total. The molecule has 0 aromatic heterocycles. The molecule has 0 spiro atoms. The molecule has 0 aliphatic carbocycles. The summed E-state index contributed by atoms with van der Waals surface area (Å²) in [6.07, 6.45) is -2.74. The molecular weight excluding hydrogens is 419 g/mol. The molecule has 0 aliphatic heterocycles. The minimum absolute atomic E-state index is 0.115. The van der Waals surface area contributed by atoms with Crippen molar-refractivity contribution in [1.82, 2.24) is 0 Å². The first kappa shape index (κ1) is 20.6. The van der Waals surface area contributed by atoms with Crippen molar-refractivity contribution in [3.05, 3.63) is 74.0 Å². The summed E-state index contributed by atoms with van der Waals surface area (Å²) in [5, 5.41) is 7.73. The second-order valence-corrected chi connectivity index (χ2v) is 6.44. The largest absolute Gasteiger partial charge is 0.478 e. The van der Waals surface area contributed by atoms with Crippen molar-refractivity contribution in [2.75, 3.05) is 0 Å². The number of carbonyl (C=O) groups is 1. The van der Waals surface area contributed by atoms with Crippen LogP contribution in [0.25, 0.3) is 6.08 Å². The monoisotopic (exact) mass is 426 g/mol. The van der Waals surface area contributed by atoms with Gasteiger partial charge in [-0.2, -0.15) is 13.2 Å². The van der Waals surface area contributed by atoms with Gasteiger partial charge in [0.2, 0.25) is 0 Å². The Kier molecular flexibility index (Phi) is 6.21. The predicted molar refractivity (Wildman–Crippen MR) is 92.7 cm³/mol. The normalized spacial score (nSPS) is 13.2. The van der Waals surface area contributed by atoms with E-state index in [9.17, 15) is 22.4 Å². The lowest BCUT2D eigenvalue weighted by atomic mass is 9.97. The third-order valence-corrected chi connectivity index (χ3v) is 4.29. The highest BCUT2D eigenvalue weighted by Crippen LogP contribution is 2.39. The highest BCUT2D eigenvalue weighted by Gasteiger charge is 2.39. The van der Waals surface area contributed by atoms with Crippen molar-refractivity contribution in [2.24, 2.45) is 0 Å². The third kappa shape index (κ3) is 4.69. The van der Waals surface area contributed by atoms with Crippen molar-refractivity contribution in [3.8, 4) is 0 Å². The minimum atomic E-state index is -4.69. The zero-order chi connectivity index (χ0) is 19.6. The van der Waals surface area contributed by atoms with Crippen LogP contribution in [0.1, 0.15) is 27.4 Å². The summed E-state index contributed by atoms with van der Waals surface area (Å²) >= 11 is 16.9. The van der Waals surface area contributed by atoms with Crippen LogP contribution < -0.4 is 0 Å². The molecule has 0 heterocycles. The minimum Gasteiger partial charge on any atom is -0.478 e. The van der Waals surface area contributed by atoms with Crippen LogP contribution in [-0.2, 0) is 0 Å². The van der Waals surface area contributed by atoms with Gasteiger partial charge < -0.3 is 5.11 Å². The van der Waals surface area contributed by atoms with Crippen molar-refractivity contribution in [2.45, 2.75) is 12.1 Å².